The highest BCUT2D eigenvalue weighted by molar-refractivity contribution is 6.18. The number of nitro benzene ring substituents is 1. The molecule has 16 heteroatoms. The molecule has 1 saturated carbocycles. The van der Waals surface area contributed by atoms with E-state index >= 15 is 0 Å². The number of aliphatic hydroxyl groups excluding tert-OH is 2. The van der Waals surface area contributed by atoms with Crippen LogP contribution in [0.25, 0.3) is 0 Å². The van der Waals surface area contributed by atoms with Crippen molar-refractivity contribution in [2.45, 2.75) is 75.8 Å². The summed E-state index contributed by atoms with van der Waals surface area (Å²) in [6.45, 7) is 7.52. The summed E-state index contributed by atoms with van der Waals surface area (Å²) in [5.74, 6) is -1.59. The molecular weight excluding hydrogens is 847 g/mol. The minimum absolute atomic E-state index is 0.00258. The second kappa shape index (κ2) is 22.2. The average molecular weight is 905 g/mol. The van der Waals surface area contributed by atoms with Gasteiger partial charge in [-0.1, -0.05) is 42.3 Å². The number of rotatable bonds is 24. The molecule has 6 atom stereocenters. The van der Waals surface area contributed by atoms with Crippen LogP contribution in [0.1, 0.15) is 67.6 Å². The van der Waals surface area contributed by atoms with Crippen LogP contribution in [0.4, 0.5) is 14.9 Å². The molecule has 2 N–H and O–H groups in total. The van der Waals surface area contributed by atoms with E-state index in [1.54, 1.807) is 35.2 Å². The molecule has 2 fully saturated rings. The van der Waals surface area contributed by atoms with Gasteiger partial charge in [0.25, 0.3) is 5.69 Å². The molecule has 2 aliphatic heterocycles. The van der Waals surface area contributed by atoms with Gasteiger partial charge >= 0.3 is 6.09 Å². The molecule has 2 aliphatic carbocycles. The lowest BCUT2D eigenvalue weighted by Crippen LogP contribution is -2.70. The van der Waals surface area contributed by atoms with Crippen molar-refractivity contribution in [3.63, 3.8) is 0 Å². The molecule has 0 aromatic heterocycles. The summed E-state index contributed by atoms with van der Waals surface area (Å²) in [5, 5.41) is 36.1. The number of nitro groups is 1. The number of oxime groups is 1. The predicted octanol–water partition coefficient (Wildman–Crippen LogP) is 8.14. The van der Waals surface area contributed by atoms with Gasteiger partial charge in [0.05, 0.1) is 29.0 Å². The first-order valence-electron chi connectivity index (χ1n) is 22.2. The molecule has 3 aromatic carbocycles. The van der Waals surface area contributed by atoms with E-state index in [1.165, 1.54) is 24.3 Å². The van der Waals surface area contributed by atoms with Gasteiger partial charge in [0.2, 0.25) is 5.79 Å². The Morgan fingerprint density at radius 2 is 1.77 bits per heavy atom. The van der Waals surface area contributed by atoms with Gasteiger partial charge < -0.3 is 34.0 Å². The molecule has 0 bridgehead atoms. The van der Waals surface area contributed by atoms with Crippen molar-refractivity contribution in [1.82, 2.24) is 9.80 Å². The molecule has 0 spiro atoms. The van der Waals surface area contributed by atoms with Crippen LogP contribution in [-0.2, 0) is 27.5 Å². The molecule has 14 nitrogen and oxygen atoms in total. The topological polar surface area (TPSA) is 165 Å². The number of nitrogens with zero attached hydrogens (tertiary/aromatic N) is 4. The summed E-state index contributed by atoms with van der Waals surface area (Å²) >= 11 is 6.07. The molecule has 344 valence electrons. The van der Waals surface area contributed by atoms with Gasteiger partial charge in [-0.25, -0.2) is 9.18 Å². The lowest BCUT2D eigenvalue weighted by atomic mass is 9.55. The van der Waals surface area contributed by atoms with E-state index in [9.17, 15) is 29.5 Å². The first-order valence-corrected chi connectivity index (χ1v) is 22.8. The Hall–Kier alpha value is -5.06. The smallest absolute Gasteiger partial charge is 0.410 e. The van der Waals surface area contributed by atoms with Crippen molar-refractivity contribution in [3.05, 3.63) is 124 Å². The molecule has 4 aliphatic rings. The fourth-order valence-electron chi connectivity index (χ4n) is 9.52. The number of benzene rings is 3. The van der Waals surface area contributed by atoms with Crippen LogP contribution in [-0.4, -0.2) is 107 Å². The van der Waals surface area contributed by atoms with Crippen molar-refractivity contribution in [2.24, 2.45) is 22.9 Å². The molecule has 1 saturated heterocycles. The summed E-state index contributed by atoms with van der Waals surface area (Å²) in [4.78, 5) is 35.4. The summed E-state index contributed by atoms with van der Waals surface area (Å²) in [7, 11) is 0. The number of amides is 1. The number of ether oxygens (including phenoxy) is 4. The fourth-order valence-corrected chi connectivity index (χ4v) is 9.60. The van der Waals surface area contributed by atoms with E-state index in [1.807, 2.05) is 12.1 Å². The van der Waals surface area contributed by atoms with E-state index < -0.39 is 34.6 Å². The molecule has 3 aromatic rings. The Kier molecular flexibility index (Phi) is 16.3. The normalized spacial score (nSPS) is 23.8. The number of alkyl halides is 1. The van der Waals surface area contributed by atoms with Crippen LogP contribution in [0.5, 0.6) is 11.5 Å². The molecule has 64 heavy (non-hydrogen) atoms. The zero-order valence-corrected chi connectivity index (χ0v) is 36.8. The van der Waals surface area contributed by atoms with Gasteiger partial charge in [-0.05, 0) is 96.7 Å². The summed E-state index contributed by atoms with van der Waals surface area (Å²) in [5.41, 5.74) is 3.54. The Bertz CT molecular complexity index is 2120. The maximum Gasteiger partial charge on any atom is 0.410 e. The number of aliphatic hydroxyl groups is 2. The number of non-ortho nitro benzene ring substituents is 1. The third-order valence-corrected chi connectivity index (χ3v) is 12.7. The number of allylic oxidation sites excluding steroid dienone is 1. The highest BCUT2D eigenvalue weighted by Crippen LogP contribution is 2.62. The van der Waals surface area contributed by atoms with E-state index in [-0.39, 0.29) is 75.3 Å². The maximum absolute atomic E-state index is 14.5. The van der Waals surface area contributed by atoms with Gasteiger partial charge in [-0.15, -0.1) is 18.2 Å². The Balaban J connectivity index is 1.41. The fraction of sp³-hybridized carbons (Fsp3) is 0.500. The number of fused-ring (bicyclic) bond motifs is 2. The molecular formula is C48H58ClFN4O10. The largest absolute Gasteiger partial charge is 0.492 e. The number of hydrogen-bond acceptors (Lipinski definition) is 12. The predicted molar refractivity (Wildman–Crippen MR) is 239 cm³/mol. The Morgan fingerprint density at radius 3 is 2.45 bits per heavy atom. The minimum atomic E-state index is -1.57. The van der Waals surface area contributed by atoms with E-state index in [4.69, 9.17) is 40.5 Å². The van der Waals surface area contributed by atoms with E-state index in [2.05, 4.69) is 23.6 Å². The van der Waals surface area contributed by atoms with Crippen LogP contribution >= 0.6 is 11.6 Å². The second-order valence-corrected chi connectivity index (χ2v) is 17.1. The van der Waals surface area contributed by atoms with Crippen molar-refractivity contribution < 1.29 is 48.1 Å². The minimum Gasteiger partial charge on any atom is -0.492 e. The first kappa shape index (κ1) is 46.9. The maximum atomic E-state index is 14.5. The summed E-state index contributed by atoms with van der Waals surface area (Å²) < 4.78 is 40.8. The van der Waals surface area contributed by atoms with E-state index in [0.29, 0.717) is 47.8 Å². The zero-order chi connectivity index (χ0) is 45.1. The first-order chi connectivity index (χ1) is 31.2. The zero-order valence-electron chi connectivity index (χ0n) is 36.0. The van der Waals surface area contributed by atoms with Gasteiger partial charge in [-0.3, -0.25) is 19.9 Å². The SMILES string of the molecule is C=CCO[C@@]12Oc3ccc(OCCN4CC4)cc3[C@H]3[C@H](CCCCO)[C@@H](CCCCO)C=C(C(=NOCc4ccc([N+](=O)[O-])cc4)C[C@@H]1N(Cc1ccc(F)cc1)C(=O)OCCCl)[C@H]32. The Morgan fingerprint density at radius 1 is 1.03 bits per heavy atom. The Labute approximate surface area is 378 Å². The average Bonchev–Trinajstić information content (AvgIpc) is 4.13. The third-order valence-electron chi connectivity index (χ3n) is 12.6. The number of hydrogen-bond donors (Lipinski definition) is 2. The standard InChI is InChI=1S/C48H58ClFN4O10/c1-2-25-62-48-44(53(47(57)61-26-19-49)31-33-9-13-36(50)14-10-33)30-42(51-63-32-34-11-15-37(16-12-34)54(58)59)40-28-35(7-3-5-23-55)39(8-4-6-24-56)45(46(40)48)41-29-38(17-18-43(41)64-48)60-27-22-52-20-21-52/h2,9-18,28-29,35,39,44-46,55-56H,1,3-8,19-27,30-32H2/t35-,39+,44-,45+,46+,48+/m0/s1. The van der Waals surface area contributed by atoms with Crippen molar-refractivity contribution in [2.75, 3.05) is 58.5 Å². The van der Waals surface area contributed by atoms with Crippen molar-refractivity contribution >= 4 is 29.1 Å². The third kappa shape index (κ3) is 11.1. The number of carbonyl (C=O) groups is 1. The molecule has 0 radical (unpaired) electrons. The van der Waals surface area contributed by atoms with Gasteiger partial charge in [0.1, 0.15) is 43.2 Å². The van der Waals surface area contributed by atoms with Crippen LogP contribution in [0.15, 0.2) is 96.2 Å². The highest BCUT2D eigenvalue weighted by Gasteiger charge is 2.65. The van der Waals surface area contributed by atoms with Gasteiger partial charge in [0, 0.05) is 69.4 Å². The molecule has 2 heterocycles. The number of halogens is 2. The van der Waals surface area contributed by atoms with Crippen LogP contribution < -0.4 is 9.47 Å². The molecule has 1 amide bonds. The lowest BCUT2D eigenvalue weighted by Gasteiger charge is -2.59. The lowest BCUT2D eigenvalue weighted by molar-refractivity contribution is -0.384. The number of carbonyl (C=O) groups excluding carboxylic acids is 1. The van der Waals surface area contributed by atoms with Crippen LogP contribution in [0.2, 0.25) is 0 Å². The van der Waals surface area contributed by atoms with E-state index in [0.717, 1.165) is 56.5 Å². The van der Waals surface area contributed by atoms with Gasteiger partial charge in [0.15, 0.2) is 0 Å². The monoisotopic (exact) mass is 904 g/mol. The summed E-state index contributed by atoms with van der Waals surface area (Å²) in [6, 6.07) is 16.9. The highest BCUT2D eigenvalue weighted by atomic mass is 35.5. The molecule has 7 rings (SSSR count). The molecule has 0 unspecified atom stereocenters. The van der Waals surface area contributed by atoms with Crippen LogP contribution in [0, 0.1) is 33.7 Å². The second-order valence-electron chi connectivity index (χ2n) is 16.7. The number of unbranched alkanes of at least 4 members (excludes halogenated alkanes) is 2. The summed E-state index contributed by atoms with van der Waals surface area (Å²) in [6.07, 6.45) is 7.54. The van der Waals surface area contributed by atoms with Gasteiger partial charge in [-0.2, -0.15) is 0 Å². The van der Waals surface area contributed by atoms with Crippen LogP contribution in [0.3, 0.4) is 0 Å². The van der Waals surface area contributed by atoms with Crippen molar-refractivity contribution in [1.29, 1.82) is 0 Å². The quantitative estimate of drug-likeness (QED) is 0.0223. The van der Waals surface area contributed by atoms with Crippen molar-refractivity contribution in [3.8, 4) is 11.5 Å².